The molecule has 1 aliphatic heterocycles. The van der Waals surface area contributed by atoms with Crippen molar-refractivity contribution in [2.45, 2.75) is 13.3 Å². The molecule has 2 aromatic carbocycles. The lowest BCUT2D eigenvalue weighted by Crippen LogP contribution is -2.47. The molecule has 3 rings (SSSR count). The Hall–Kier alpha value is -3.42. The Morgan fingerprint density at radius 2 is 1.66 bits per heavy atom. The van der Waals surface area contributed by atoms with Crippen molar-refractivity contribution in [1.29, 1.82) is 0 Å². The van der Waals surface area contributed by atoms with Gasteiger partial charge in [0.2, 0.25) is 0 Å². The Morgan fingerprint density at radius 1 is 1.00 bits per heavy atom. The summed E-state index contributed by atoms with van der Waals surface area (Å²) >= 11 is 0. The van der Waals surface area contributed by atoms with E-state index in [2.05, 4.69) is 26.5 Å². The normalized spacial score (nSPS) is 13.5. The summed E-state index contributed by atoms with van der Waals surface area (Å²) in [7, 11) is 5.05. The lowest BCUT2D eigenvalue weighted by atomic mass is 10.1. The number of nitrogens with zero attached hydrogens (tertiary/aromatic N) is 3. The topological polar surface area (TPSA) is 77.2 Å². The molecule has 8 heteroatoms. The zero-order valence-corrected chi connectivity index (χ0v) is 19.4. The molecule has 3 amide bonds. The highest BCUT2D eigenvalue weighted by Crippen LogP contribution is 2.31. The van der Waals surface area contributed by atoms with E-state index in [9.17, 15) is 9.59 Å². The number of anilines is 3. The molecular formula is C24H33N5O3. The number of piperazine rings is 1. The largest absolute Gasteiger partial charge is 0.495 e. The van der Waals surface area contributed by atoms with Gasteiger partial charge in [-0.3, -0.25) is 4.79 Å². The van der Waals surface area contributed by atoms with Crippen LogP contribution in [0.5, 0.6) is 5.75 Å². The van der Waals surface area contributed by atoms with Gasteiger partial charge in [0.15, 0.2) is 0 Å². The van der Waals surface area contributed by atoms with Gasteiger partial charge in [0.05, 0.1) is 18.4 Å². The maximum Gasteiger partial charge on any atom is 0.321 e. The molecule has 0 atom stereocenters. The minimum atomic E-state index is -0.233. The molecule has 172 valence electrons. The van der Waals surface area contributed by atoms with Gasteiger partial charge in [0.1, 0.15) is 5.75 Å². The molecule has 1 aliphatic rings. The summed E-state index contributed by atoms with van der Waals surface area (Å²) in [5, 5.41) is 5.80. The molecule has 1 fully saturated rings. The molecule has 1 saturated heterocycles. The molecule has 1 heterocycles. The zero-order chi connectivity index (χ0) is 23.1. The summed E-state index contributed by atoms with van der Waals surface area (Å²) in [6, 6.07) is 13.3. The maximum absolute atomic E-state index is 12.9. The smallest absolute Gasteiger partial charge is 0.321 e. The van der Waals surface area contributed by atoms with Crippen LogP contribution in [0.4, 0.5) is 21.9 Å². The molecule has 0 unspecified atom stereocenters. The Labute approximate surface area is 190 Å². The average molecular weight is 440 g/mol. The summed E-state index contributed by atoms with van der Waals surface area (Å²) in [6.45, 7) is 5.80. The van der Waals surface area contributed by atoms with E-state index in [1.54, 1.807) is 27.3 Å². The van der Waals surface area contributed by atoms with E-state index < -0.39 is 0 Å². The highest BCUT2D eigenvalue weighted by Gasteiger charge is 2.23. The summed E-state index contributed by atoms with van der Waals surface area (Å²) in [6.07, 6.45) is 0.857. The average Bonchev–Trinajstić information content (AvgIpc) is 2.82. The second kappa shape index (κ2) is 10.7. The molecule has 2 N–H and O–H groups in total. The molecule has 0 aromatic heterocycles. The number of amides is 3. The third-order valence-electron chi connectivity index (χ3n) is 5.48. The number of hydrogen-bond donors (Lipinski definition) is 2. The molecule has 8 nitrogen and oxygen atoms in total. The second-order valence-electron chi connectivity index (χ2n) is 7.96. The summed E-state index contributed by atoms with van der Waals surface area (Å²) in [4.78, 5) is 31.0. The van der Waals surface area contributed by atoms with Gasteiger partial charge in [-0.05, 0) is 36.8 Å². The van der Waals surface area contributed by atoms with Crippen LogP contribution in [0.3, 0.4) is 0 Å². The quantitative estimate of drug-likeness (QED) is 0.693. The first-order valence-electron chi connectivity index (χ1n) is 11.0. The predicted octanol–water partition coefficient (Wildman–Crippen LogP) is 3.26. The van der Waals surface area contributed by atoms with E-state index >= 15 is 0 Å². The Kier molecular flexibility index (Phi) is 7.81. The second-order valence-corrected chi connectivity index (χ2v) is 7.96. The van der Waals surface area contributed by atoms with E-state index in [0.717, 1.165) is 49.7 Å². The summed E-state index contributed by atoms with van der Waals surface area (Å²) in [5.74, 6) is 0.733. The molecule has 32 heavy (non-hydrogen) atoms. The number of carbonyl (C=O) groups is 2. The SMILES string of the molecule is CCCNC(=O)c1cc(NC(=O)N(C)C)ccc1N1CCN(c2ccccc2OC)CC1. The van der Waals surface area contributed by atoms with Crippen LogP contribution in [-0.4, -0.2) is 70.8 Å². The van der Waals surface area contributed by atoms with Crippen molar-refractivity contribution in [1.82, 2.24) is 10.2 Å². The highest BCUT2D eigenvalue weighted by molar-refractivity contribution is 6.02. The number of para-hydroxylation sites is 2. The molecule has 0 saturated carbocycles. The molecule has 0 aliphatic carbocycles. The number of nitrogens with one attached hydrogen (secondary N) is 2. The van der Waals surface area contributed by atoms with Crippen molar-refractivity contribution in [3.8, 4) is 5.75 Å². The third kappa shape index (κ3) is 5.43. The lowest BCUT2D eigenvalue weighted by Gasteiger charge is -2.38. The van der Waals surface area contributed by atoms with Gasteiger partial charge >= 0.3 is 6.03 Å². The summed E-state index contributed by atoms with van der Waals surface area (Å²) in [5.41, 5.74) is 3.13. The molecular weight excluding hydrogens is 406 g/mol. The Morgan fingerprint density at radius 3 is 2.28 bits per heavy atom. The molecule has 0 bridgehead atoms. The fourth-order valence-corrected chi connectivity index (χ4v) is 3.72. The number of ether oxygens (including phenoxy) is 1. The van der Waals surface area contributed by atoms with Gasteiger partial charge in [0.25, 0.3) is 5.91 Å². The van der Waals surface area contributed by atoms with Crippen molar-refractivity contribution >= 4 is 29.0 Å². The van der Waals surface area contributed by atoms with Crippen LogP contribution in [0.1, 0.15) is 23.7 Å². The standard InChI is InChI=1S/C24H33N5O3/c1-5-12-25-23(30)19-17-18(26-24(31)27(2)3)10-11-20(19)28-13-15-29(16-14-28)21-8-6-7-9-22(21)32-4/h6-11,17H,5,12-16H2,1-4H3,(H,25,30)(H,26,31). The van der Waals surface area contributed by atoms with Crippen LogP contribution in [0.2, 0.25) is 0 Å². The first-order valence-corrected chi connectivity index (χ1v) is 11.0. The van der Waals surface area contributed by atoms with Crippen LogP contribution in [0, 0.1) is 0 Å². The van der Waals surface area contributed by atoms with Crippen LogP contribution in [0.25, 0.3) is 0 Å². The van der Waals surface area contributed by atoms with E-state index in [-0.39, 0.29) is 11.9 Å². The highest BCUT2D eigenvalue weighted by atomic mass is 16.5. The number of benzene rings is 2. The first kappa shape index (κ1) is 23.2. The van der Waals surface area contributed by atoms with E-state index in [1.165, 1.54) is 4.90 Å². The van der Waals surface area contributed by atoms with Crippen LogP contribution < -0.4 is 25.2 Å². The minimum absolute atomic E-state index is 0.130. The van der Waals surface area contributed by atoms with Gasteiger partial charge in [-0.2, -0.15) is 0 Å². The van der Waals surface area contributed by atoms with Gasteiger partial charge in [-0.25, -0.2) is 4.79 Å². The molecule has 0 spiro atoms. The Balaban J connectivity index is 1.80. The lowest BCUT2D eigenvalue weighted by molar-refractivity contribution is 0.0954. The van der Waals surface area contributed by atoms with Crippen LogP contribution >= 0.6 is 0 Å². The van der Waals surface area contributed by atoms with Gasteiger partial charge in [-0.1, -0.05) is 19.1 Å². The third-order valence-corrected chi connectivity index (χ3v) is 5.48. The van der Waals surface area contributed by atoms with E-state index in [0.29, 0.717) is 17.8 Å². The van der Waals surface area contributed by atoms with Gasteiger partial charge < -0.3 is 30.1 Å². The summed E-state index contributed by atoms with van der Waals surface area (Å²) < 4.78 is 5.51. The number of carbonyl (C=O) groups excluding carboxylic acids is 2. The Bertz CT molecular complexity index is 939. The number of urea groups is 1. The van der Waals surface area contributed by atoms with Crippen molar-refractivity contribution in [2.24, 2.45) is 0 Å². The number of methoxy groups -OCH3 is 1. The van der Waals surface area contributed by atoms with Crippen molar-refractivity contribution in [3.05, 3.63) is 48.0 Å². The van der Waals surface area contributed by atoms with Crippen molar-refractivity contribution in [2.75, 3.05) is 69.0 Å². The fourth-order valence-electron chi connectivity index (χ4n) is 3.72. The first-order chi connectivity index (χ1) is 15.4. The monoisotopic (exact) mass is 439 g/mol. The van der Waals surface area contributed by atoms with E-state index in [4.69, 9.17) is 4.74 Å². The maximum atomic E-state index is 12.9. The zero-order valence-electron chi connectivity index (χ0n) is 19.4. The van der Waals surface area contributed by atoms with Crippen LogP contribution in [0.15, 0.2) is 42.5 Å². The van der Waals surface area contributed by atoms with Gasteiger partial charge in [-0.15, -0.1) is 0 Å². The minimum Gasteiger partial charge on any atom is -0.495 e. The predicted molar refractivity (Wildman–Crippen MR) is 129 cm³/mol. The van der Waals surface area contributed by atoms with Gasteiger partial charge in [0, 0.05) is 58.2 Å². The van der Waals surface area contributed by atoms with Crippen molar-refractivity contribution < 1.29 is 14.3 Å². The molecule has 0 radical (unpaired) electrons. The van der Waals surface area contributed by atoms with E-state index in [1.807, 2.05) is 37.3 Å². The van der Waals surface area contributed by atoms with Crippen LogP contribution in [-0.2, 0) is 0 Å². The van der Waals surface area contributed by atoms with Crippen molar-refractivity contribution in [3.63, 3.8) is 0 Å². The number of rotatable bonds is 7. The molecule has 2 aromatic rings. The number of hydrogen-bond acceptors (Lipinski definition) is 5. The fraction of sp³-hybridized carbons (Fsp3) is 0.417.